The highest BCUT2D eigenvalue weighted by Gasteiger charge is 2.32. The van der Waals surface area contributed by atoms with Crippen molar-refractivity contribution in [1.82, 2.24) is 10.2 Å². The lowest BCUT2D eigenvalue weighted by atomic mass is 10.1. The predicted octanol–water partition coefficient (Wildman–Crippen LogP) is 2.64. The minimum absolute atomic E-state index is 0.814. The van der Waals surface area contributed by atoms with Gasteiger partial charge in [-0.25, -0.2) is 0 Å². The van der Waals surface area contributed by atoms with E-state index >= 15 is 0 Å². The Hall–Kier alpha value is -0.0800. The lowest BCUT2D eigenvalue weighted by molar-refractivity contribution is 0.253. The van der Waals surface area contributed by atoms with Crippen molar-refractivity contribution in [1.29, 1.82) is 0 Å². The van der Waals surface area contributed by atoms with Crippen LogP contribution in [0.5, 0.6) is 0 Å². The predicted molar refractivity (Wildman–Crippen MR) is 69.7 cm³/mol. The summed E-state index contributed by atoms with van der Waals surface area (Å²) in [6, 6.07) is 0.814. The van der Waals surface area contributed by atoms with Crippen LogP contribution in [-0.4, -0.2) is 37.1 Å². The minimum Gasteiger partial charge on any atom is -0.312 e. The van der Waals surface area contributed by atoms with Crippen molar-refractivity contribution in [3.8, 4) is 0 Å². The maximum absolute atomic E-state index is 3.73. The van der Waals surface area contributed by atoms with E-state index in [1.54, 1.807) is 0 Å². The molecule has 1 unspecified atom stereocenters. The number of unbranched alkanes of at least 4 members (excludes halogenated alkanes) is 3. The Labute approximate surface area is 101 Å². The average Bonchev–Trinajstić information content (AvgIpc) is 3.10. The molecule has 0 aromatic carbocycles. The van der Waals surface area contributed by atoms with Gasteiger partial charge in [0.1, 0.15) is 0 Å². The Morgan fingerprint density at radius 1 is 1.19 bits per heavy atom. The smallest absolute Gasteiger partial charge is 0.0223 e. The molecule has 1 saturated carbocycles. The second-order valence-corrected chi connectivity index (χ2v) is 5.61. The molecule has 1 N–H and O–H groups in total. The minimum atomic E-state index is 0.814. The Morgan fingerprint density at radius 2 is 2.06 bits per heavy atom. The van der Waals surface area contributed by atoms with Crippen LogP contribution in [0.4, 0.5) is 0 Å². The maximum Gasteiger partial charge on any atom is 0.0223 e. The molecule has 0 bridgehead atoms. The molecule has 2 nitrogen and oxygen atoms in total. The van der Waals surface area contributed by atoms with Crippen LogP contribution in [-0.2, 0) is 0 Å². The standard InChI is InChI=1S/C14H28N2/c1-2-3-4-5-10-16-11-6-9-15-14(12-16)13-7-8-13/h13-15H,2-12H2,1H3. The molecule has 1 atom stereocenters. The molecule has 2 rings (SSSR count). The fraction of sp³-hybridized carbons (Fsp3) is 1.00. The van der Waals surface area contributed by atoms with Gasteiger partial charge in [-0.05, 0) is 51.2 Å². The van der Waals surface area contributed by atoms with Crippen molar-refractivity contribution in [3.05, 3.63) is 0 Å². The Balaban J connectivity index is 1.66. The number of nitrogens with zero attached hydrogens (tertiary/aromatic N) is 1. The van der Waals surface area contributed by atoms with E-state index in [1.807, 2.05) is 0 Å². The van der Waals surface area contributed by atoms with E-state index < -0.39 is 0 Å². The van der Waals surface area contributed by atoms with Crippen LogP contribution in [0.25, 0.3) is 0 Å². The zero-order chi connectivity index (χ0) is 11.2. The van der Waals surface area contributed by atoms with Gasteiger partial charge in [-0.15, -0.1) is 0 Å². The quantitative estimate of drug-likeness (QED) is 0.698. The fourth-order valence-electron chi connectivity index (χ4n) is 2.80. The highest BCUT2D eigenvalue weighted by molar-refractivity contribution is 4.89. The first kappa shape index (κ1) is 12.4. The van der Waals surface area contributed by atoms with E-state index in [0.717, 1.165) is 12.0 Å². The molecule has 0 radical (unpaired) electrons. The Morgan fingerprint density at radius 3 is 2.81 bits per heavy atom. The molecule has 94 valence electrons. The van der Waals surface area contributed by atoms with Crippen molar-refractivity contribution < 1.29 is 0 Å². The molecule has 0 aromatic rings. The summed E-state index contributed by atoms with van der Waals surface area (Å²) >= 11 is 0. The molecule has 2 heteroatoms. The summed E-state index contributed by atoms with van der Waals surface area (Å²) in [6.45, 7) is 7.51. The van der Waals surface area contributed by atoms with Crippen LogP contribution in [0, 0.1) is 5.92 Å². The summed E-state index contributed by atoms with van der Waals surface area (Å²) in [7, 11) is 0. The number of nitrogens with one attached hydrogen (secondary N) is 1. The first-order valence-electron chi connectivity index (χ1n) is 7.36. The summed E-state index contributed by atoms with van der Waals surface area (Å²) in [5, 5.41) is 3.73. The topological polar surface area (TPSA) is 15.3 Å². The molecule has 1 heterocycles. The average molecular weight is 224 g/mol. The van der Waals surface area contributed by atoms with Gasteiger partial charge in [-0.1, -0.05) is 26.2 Å². The first-order chi connectivity index (χ1) is 7.90. The zero-order valence-corrected chi connectivity index (χ0v) is 10.9. The van der Waals surface area contributed by atoms with E-state index in [2.05, 4.69) is 17.1 Å². The summed E-state index contributed by atoms with van der Waals surface area (Å²) in [5.74, 6) is 1.01. The van der Waals surface area contributed by atoms with Crippen LogP contribution >= 0.6 is 0 Å². The molecule has 1 saturated heterocycles. The van der Waals surface area contributed by atoms with Crippen LogP contribution in [0.15, 0.2) is 0 Å². The Kier molecular flexibility index (Phi) is 5.11. The van der Waals surface area contributed by atoms with E-state index in [0.29, 0.717) is 0 Å². The van der Waals surface area contributed by atoms with Crippen LogP contribution in [0.2, 0.25) is 0 Å². The van der Waals surface area contributed by atoms with Crippen LogP contribution in [0.1, 0.15) is 51.9 Å². The molecule has 1 aliphatic carbocycles. The summed E-state index contributed by atoms with van der Waals surface area (Å²) in [4.78, 5) is 2.71. The molecule has 0 spiro atoms. The van der Waals surface area contributed by atoms with Gasteiger partial charge in [0.15, 0.2) is 0 Å². The van der Waals surface area contributed by atoms with Crippen molar-refractivity contribution in [2.24, 2.45) is 5.92 Å². The second-order valence-electron chi connectivity index (χ2n) is 5.61. The molecule has 1 aliphatic heterocycles. The Bertz CT molecular complexity index is 189. The maximum atomic E-state index is 3.73. The molecule has 0 aromatic heterocycles. The SMILES string of the molecule is CCCCCCN1CCCNC(C2CC2)C1. The van der Waals surface area contributed by atoms with Gasteiger partial charge in [0, 0.05) is 12.6 Å². The van der Waals surface area contributed by atoms with Gasteiger partial charge in [0.05, 0.1) is 0 Å². The van der Waals surface area contributed by atoms with Gasteiger partial charge in [-0.3, -0.25) is 0 Å². The second kappa shape index (κ2) is 6.61. The van der Waals surface area contributed by atoms with E-state index in [-0.39, 0.29) is 0 Å². The summed E-state index contributed by atoms with van der Waals surface area (Å²) in [5.41, 5.74) is 0. The van der Waals surface area contributed by atoms with Crippen molar-refractivity contribution in [2.75, 3.05) is 26.2 Å². The van der Waals surface area contributed by atoms with Crippen LogP contribution in [0.3, 0.4) is 0 Å². The van der Waals surface area contributed by atoms with Gasteiger partial charge in [-0.2, -0.15) is 0 Å². The van der Waals surface area contributed by atoms with Crippen molar-refractivity contribution >= 4 is 0 Å². The first-order valence-corrected chi connectivity index (χ1v) is 7.36. The molecule has 2 fully saturated rings. The summed E-state index contributed by atoms with van der Waals surface area (Å²) in [6.07, 6.45) is 9.89. The number of rotatable bonds is 6. The van der Waals surface area contributed by atoms with Gasteiger partial charge >= 0.3 is 0 Å². The monoisotopic (exact) mass is 224 g/mol. The van der Waals surface area contributed by atoms with Crippen molar-refractivity contribution in [2.45, 2.75) is 57.9 Å². The highest BCUT2D eigenvalue weighted by atomic mass is 15.2. The fourth-order valence-corrected chi connectivity index (χ4v) is 2.80. The molecule has 2 aliphatic rings. The lowest BCUT2D eigenvalue weighted by Gasteiger charge is -2.24. The molecule has 16 heavy (non-hydrogen) atoms. The third kappa shape index (κ3) is 4.06. The summed E-state index contributed by atoms with van der Waals surface area (Å²) < 4.78 is 0. The molecule has 0 amide bonds. The van der Waals surface area contributed by atoms with Crippen molar-refractivity contribution in [3.63, 3.8) is 0 Å². The van der Waals surface area contributed by atoms with Crippen LogP contribution < -0.4 is 5.32 Å². The number of hydrogen-bond donors (Lipinski definition) is 1. The third-order valence-electron chi connectivity index (χ3n) is 4.03. The lowest BCUT2D eigenvalue weighted by Crippen LogP contribution is -2.39. The largest absolute Gasteiger partial charge is 0.312 e. The molecular weight excluding hydrogens is 196 g/mol. The number of hydrogen-bond acceptors (Lipinski definition) is 2. The highest BCUT2D eigenvalue weighted by Crippen LogP contribution is 2.33. The molecular formula is C14H28N2. The van der Waals surface area contributed by atoms with Gasteiger partial charge in [0.25, 0.3) is 0 Å². The van der Waals surface area contributed by atoms with Gasteiger partial charge in [0.2, 0.25) is 0 Å². The van der Waals surface area contributed by atoms with E-state index in [1.165, 1.54) is 71.1 Å². The van der Waals surface area contributed by atoms with E-state index in [4.69, 9.17) is 0 Å². The zero-order valence-electron chi connectivity index (χ0n) is 10.9. The normalized spacial score (nSPS) is 27.9. The van der Waals surface area contributed by atoms with Gasteiger partial charge < -0.3 is 10.2 Å². The van der Waals surface area contributed by atoms with E-state index in [9.17, 15) is 0 Å². The third-order valence-corrected chi connectivity index (χ3v) is 4.03.